The zero-order valence-electron chi connectivity index (χ0n) is 18.1. The second-order valence-corrected chi connectivity index (χ2v) is 9.28. The van der Waals surface area contributed by atoms with E-state index in [1.807, 2.05) is 10.9 Å². The average molecular weight is 391 g/mol. The standard InChI is InChI=1S/C7H12N2.2C6H11N3.CH4/c1-7(2,3)6-8-4-5-9-6;1-6(2,3)9-5-7-4-8-9;1-6(2,3)5-7-4-8-9-5;/h4-5H,1-3H3,(H,8,9);4-5H,1-3H3;4H,1-3H3,(H,7,8,9);1H4. The second kappa shape index (κ2) is 10.1. The van der Waals surface area contributed by atoms with Crippen LogP contribution in [0.3, 0.4) is 0 Å². The molecule has 0 atom stereocenters. The van der Waals surface area contributed by atoms with Crippen LogP contribution in [-0.2, 0) is 16.4 Å². The zero-order valence-corrected chi connectivity index (χ0v) is 18.1. The van der Waals surface area contributed by atoms with E-state index in [0.29, 0.717) is 0 Å². The molecule has 0 amide bonds. The fourth-order valence-electron chi connectivity index (χ4n) is 1.80. The minimum Gasteiger partial charge on any atom is -0.348 e. The molecule has 0 fully saturated rings. The highest BCUT2D eigenvalue weighted by atomic mass is 15.3. The maximum absolute atomic E-state index is 4.13. The number of imidazole rings is 1. The molecule has 0 bridgehead atoms. The van der Waals surface area contributed by atoms with E-state index in [1.165, 1.54) is 6.33 Å². The quantitative estimate of drug-likeness (QED) is 0.589. The molecule has 158 valence electrons. The van der Waals surface area contributed by atoms with Crippen LogP contribution in [0.2, 0.25) is 0 Å². The lowest BCUT2D eigenvalue weighted by Crippen LogP contribution is -2.21. The van der Waals surface area contributed by atoms with Gasteiger partial charge in [0.1, 0.15) is 30.6 Å². The number of hydrogen-bond acceptors (Lipinski definition) is 5. The van der Waals surface area contributed by atoms with E-state index in [-0.39, 0.29) is 23.8 Å². The summed E-state index contributed by atoms with van der Waals surface area (Å²) in [6.07, 6.45) is 8.42. The molecule has 0 saturated carbocycles. The van der Waals surface area contributed by atoms with E-state index >= 15 is 0 Å². The monoisotopic (exact) mass is 390 g/mol. The third kappa shape index (κ3) is 8.92. The molecule has 0 saturated heterocycles. The predicted molar refractivity (Wildman–Crippen MR) is 114 cm³/mol. The van der Waals surface area contributed by atoms with Gasteiger partial charge >= 0.3 is 0 Å². The van der Waals surface area contributed by atoms with E-state index in [1.54, 1.807) is 18.9 Å². The van der Waals surface area contributed by atoms with Gasteiger partial charge in [-0.2, -0.15) is 10.2 Å². The summed E-state index contributed by atoms with van der Waals surface area (Å²) in [4.78, 5) is 15.1. The minimum atomic E-state index is 0. The largest absolute Gasteiger partial charge is 0.348 e. The van der Waals surface area contributed by atoms with Crippen molar-refractivity contribution in [1.29, 1.82) is 0 Å². The molecule has 8 nitrogen and oxygen atoms in total. The first-order valence-corrected chi connectivity index (χ1v) is 9.02. The maximum Gasteiger partial charge on any atom is 0.137 e. The Kier molecular flexibility index (Phi) is 9.24. The molecule has 3 aromatic heterocycles. The summed E-state index contributed by atoms with van der Waals surface area (Å²) < 4.78 is 1.83. The van der Waals surface area contributed by atoms with Crippen molar-refractivity contribution in [2.45, 2.75) is 86.1 Å². The summed E-state index contributed by atoms with van der Waals surface area (Å²) in [5.41, 5.74) is 0.316. The normalized spacial score (nSPS) is 11.5. The fraction of sp³-hybridized carbons (Fsp3) is 0.650. The highest BCUT2D eigenvalue weighted by Crippen LogP contribution is 2.16. The van der Waals surface area contributed by atoms with Crippen molar-refractivity contribution in [2.75, 3.05) is 0 Å². The topological polar surface area (TPSA) is 101 Å². The molecule has 0 aliphatic carbocycles. The number of hydrogen-bond donors (Lipinski definition) is 2. The summed E-state index contributed by atoms with van der Waals surface area (Å²) in [6.45, 7) is 18.9. The van der Waals surface area contributed by atoms with Crippen molar-refractivity contribution in [2.24, 2.45) is 0 Å². The van der Waals surface area contributed by atoms with Crippen LogP contribution in [-0.4, -0.2) is 39.9 Å². The lowest BCUT2D eigenvalue weighted by atomic mass is 9.96. The molecule has 8 heteroatoms. The van der Waals surface area contributed by atoms with Gasteiger partial charge in [0, 0.05) is 23.2 Å². The molecule has 3 aromatic rings. The highest BCUT2D eigenvalue weighted by Gasteiger charge is 2.16. The van der Waals surface area contributed by atoms with Gasteiger partial charge in [-0.3, -0.25) is 5.10 Å². The van der Waals surface area contributed by atoms with Gasteiger partial charge in [0.05, 0.1) is 5.54 Å². The van der Waals surface area contributed by atoms with Crippen LogP contribution < -0.4 is 0 Å². The van der Waals surface area contributed by atoms with Crippen LogP contribution in [0, 0.1) is 0 Å². The first-order chi connectivity index (χ1) is 12.3. The van der Waals surface area contributed by atoms with Gasteiger partial charge in [0.15, 0.2) is 0 Å². The number of nitrogens with zero attached hydrogens (tertiary/aromatic N) is 6. The van der Waals surface area contributed by atoms with E-state index in [9.17, 15) is 0 Å². The maximum atomic E-state index is 4.13. The van der Waals surface area contributed by atoms with Crippen LogP contribution in [0.1, 0.15) is 81.4 Å². The van der Waals surface area contributed by atoms with Gasteiger partial charge in [-0.05, 0) is 20.8 Å². The third-order valence-electron chi connectivity index (χ3n) is 3.44. The van der Waals surface area contributed by atoms with Crippen molar-refractivity contribution in [3.05, 3.63) is 43.0 Å². The molecule has 0 aliphatic heterocycles. The Morgan fingerprint density at radius 1 is 0.821 bits per heavy atom. The lowest BCUT2D eigenvalue weighted by Gasteiger charge is -2.17. The Hall–Kier alpha value is -2.51. The lowest BCUT2D eigenvalue weighted by molar-refractivity contribution is 0.354. The molecule has 0 aliphatic rings. The minimum absolute atomic E-state index is 0. The Balaban J connectivity index is 0.000000384. The molecule has 28 heavy (non-hydrogen) atoms. The third-order valence-corrected chi connectivity index (χ3v) is 3.44. The van der Waals surface area contributed by atoms with E-state index in [0.717, 1.165) is 11.6 Å². The molecular weight excluding hydrogens is 352 g/mol. The highest BCUT2D eigenvalue weighted by molar-refractivity contribution is 5.00. The molecule has 3 heterocycles. The number of aromatic nitrogens is 8. The van der Waals surface area contributed by atoms with Crippen LogP contribution >= 0.6 is 0 Å². The van der Waals surface area contributed by atoms with E-state index in [4.69, 9.17) is 0 Å². The van der Waals surface area contributed by atoms with Crippen LogP contribution in [0.25, 0.3) is 0 Å². The van der Waals surface area contributed by atoms with Crippen LogP contribution in [0.5, 0.6) is 0 Å². The summed E-state index contributed by atoms with van der Waals surface area (Å²) in [6, 6.07) is 0. The molecule has 0 spiro atoms. The number of nitrogens with one attached hydrogen (secondary N) is 2. The first-order valence-electron chi connectivity index (χ1n) is 9.02. The van der Waals surface area contributed by atoms with Crippen molar-refractivity contribution in [1.82, 2.24) is 39.9 Å². The van der Waals surface area contributed by atoms with Gasteiger partial charge in [0.25, 0.3) is 0 Å². The predicted octanol–water partition coefficient (Wildman–Crippen LogP) is 4.48. The Labute approximate surface area is 169 Å². The Bertz CT molecular complexity index is 617. The molecule has 2 N–H and O–H groups in total. The van der Waals surface area contributed by atoms with Gasteiger partial charge in [-0.25, -0.2) is 19.6 Å². The summed E-state index contributed by atoms with van der Waals surface area (Å²) in [5.74, 6) is 1.98. The smallest absolute Gasteiger partial charge is 0.137 e. The number of rotatable bonds is 0. The van der Waals surface area contributed by atoms with Crippen molar-refractivity contribution < 1.29 is 0 Å². The molecule has 3 rings (SSSR count). The zero-order chi connectivity index (χ0) is 20.7. The fourth-order valence-corrected chi connectivity index (χ4v) is 1.80. The van der Waals surface area contributed by atoms with Gasteiger partial charge < -0.3 is 4.98 Å². The molecule has 0 radical (unpaired) electrons. The van der Waals surface area contributed by atoms with Gasteiger partial charge in [-0.15, -0.1) is 0 Å². The van der Waals surface area contributed by atoms with Crippen molar-refractivity contribution >= 4 is 0 Å². The van der Waals surface area contributed by atoms with Crippen LogP contribution in [0.4, 0.5) is 0 Å². The molecule has 0 unspecified atom stereocenters. The van der Waals surface area contributed by atoms with Crippen molar-refractivity contribution in [3.8, 4) is 0 Å². The summed E-state index contributed by atoms with van der Waals surface area (Å²) in [7, 11) is 0. The summed E-state index contributed by atoms with van der Waals surface area (Å²) >= 11 is 0. The molecular formula is C20H38N8. The van der Waals surface area contributed by atoms with Crippen LogP contribution in [0.15, 0.2) is 31.4 Å². The Morgan fingerprint density at radius 2 is 1.43 bits per heavy atom. The first kappa shape index (κ1) is 25.5. The SMILES string of the molecule is C.CC(C)(C)c1ncc[nH]1.CC(C)(C)c1ncn[nH]1.CC(C)(C)n1cncn1. The Morgan fingerprint density at radius 3 is 1.64 bits per heavy atom. The van der Waals surface area contributed by atoms with Gasteiger partial charge in [0.2, 0.25) is 0 Å². The van der Waals surface area contributed by atoms with Gasteiger partial charge in [-0.1, -0.05) is 49.0 Å². The van der Waals surface area contributed by atoms with E-state index < -0.39 is 0 Å². The van der Waals surface area contributed by atoms with E-state index in [2.05, 4.69) is 97.5 Å². The number of H-pyrrole nitrogens is 2. The summed E-state index contributed by atoms with van der Waals surface area (Å²) in [5, 5.41) is 10.6. The van der Waals surface area contributed by atoms with Crippen molar-refractivity contribution in [3.63, 3.8) is 0 Å². The second-order valence-electron chi connectivity index (χ2n) is 9.28. The average Bonchev–Trinajstić information content (AvgIpc) is 3.28. The molecule has 0 aromatic carbocycles. The number of aromatic amines is 2.